The first-order chi connectivity index (χ1) is 23.8. The molecule has 0 fully saturated rings. The van der Waals surface area contributed by atoms with E-state index in [0.29, 0.717) is 62.0 Å². The number of hydrogen-bond acceptors (Lipinski definition) is 8. The second-order valence-electron chi connectivity index (χ2n) is 18.1. The Morgan fingerprint density at radius 2 is 0.827 bits per heavy atom. The Hall–Kier alpha value is -3.94. The first-order valence-electron chi connectivity index (χ1n) is 18.7. The molecule has 0 aliphatic carbocycles. The largest absolute Gasteiger partial charge is 0.507 e. The Labute approximate surface area is 314 Å². The molecule has 52 heavy (non-hydrogen) atoms. The molecule has 2 rings (SSSR count). The molecular formula is C44H68N2O6. The number of benzene rings is 2. The highest BCUT2D eigenvalue weighted by atomic mass is 16.5. The molecule has 0 spiro atoms. The molecule has 0 saturated carbocycles. The maximum atomic E-state index is 12.4. The van der Waals surface area contributed by atoms with Crippen LogP contribution in [0.1, 0.15) is 143 Å². The summed E-state index contributed by atoms with van der Waals surface area (Å²) in [6.07, 6.45) is 5.73. The molecular weight excluding hydrogens is 652 g/mol. The number of aromatic hydroxyl groups is 2. The summed E-state index contributed by atoms with van der Waals surface area (Å²) in [5.41, 5.74) is 6.58. The van der Waals surface area contributed by atoms with E-state index in [1.54, 1.807) is 0 Å². The summed E-state index contributed by atoms with van der Waals surface area (Å²) >= 11 is 0. The predicted molar refractivity (Wildman–Crippen MR) is 213 cm³/mol. The lowest BCUT2D eigenvalue weighted by atomic mass is 9.78. The average molecular weight is 721 g/mol. The number of ether oxygens (including phenoxy) is 2. The van der Waals surface area contributed by atoms with Crippen LogP contribution < -0.4 is 10.6 Å². The monoisotopic (exact) mass is 721 g/mol. The van der Waals surface area contributed by atoms with Gasteiger partial charge in [0.05, 0.1) is 13.2 Å². The van der Waals surface area contributed by atoms with Crippen molar-refractivity contribution in [3.8, 4) is 11.5 Å². The number of carbonyl (C=O) groups is 2. The zero-order valence-corrected chi connectivity index (χ0v) is 34.6. The van der Waals surface area contributed by atoms with Gasteiger partial charge in [0.2, 0.25) is 0 Å². The van der Waals surface area contributed by atoms with Crippen molar-refractivity contribution >= 4 is 11.9 Å². The van der Waals surface area contributed by atoms with Crippen LogP contribution in [0.15, 0.2) is 47.8 Å². The number of hydrogen-bond donors (Lipinski definition) is 4. The second kappa shape index (κ2) is 18.2. The first kappa shape index (κ1) is 44.2. The van der Waals surface area contributed by atoms with E-state index in [1.165, 1.54) is 12.2 Å². The van der Waals surface area contributed by atoms with Gasteiger partial charge < -0.3 is 30.3 Å². The third-order valence-corrected chi connectivity index (χ3v) is 8.88. The molecule has 290 valence electrons. The van der Waals surface area contributed by atoms with Crippen LogP contribution in [-0.2, 0) is 53.6 Å². The van der Waals surface area contributed by atoms with Crippen LogP contribution in [0.5, 0.6) is 11.5 Å². The van der Waals surface area contributed by atoms with Gasteiger partial charge in [-0.2, -0.15) is 0 Å². The van der Waals surface area contributed by atoms with E-state index < -0.39 is 11.9 Å². The lowest BCUT2D eigenvalue weighted by Crippen LogP contribution is -2.26. The van der Waals surface area contributed by atoms with E-state index in [9.17, 15) is 19.8 Å². The van der Waals surface area contributed by atoms with E-state index in [-0.39, 0.29) is 21.7 Å². The molecule has 4 N–H and O–H groups in total. The second-order valence-corrected chi connectivity index (χ2v) is 18.1. The van der Waals surface area contributed by atoms with Gasteiger partial charge in [0.25, 0.3) is 0 Å². The van der Waals surface area contributed by atoms with E-state index in [0.717, 1.165) is 46.2 Å². The van der Waals surface area contributed by atoms with Crippen molar-refractivity contribution in [2.45, 2.75) is 144 Å². The highest BCUT2D eigenvalue weighted by Gasteiger charge is 2.28. The van der Waals surface area contributed by atoms with Gasteiger partial charge in [-0.15, -0.1) is 0 Å². The van der Waals surface area contributed by atoms with E-state index in [2.05, 4.69) is 118 Å². The third kappa shape index (κ3) is 14.2. The molecule has 0 amide bonds. The number of esters is 2. The normalized spacial score (nSPS) is 13.2. The number of phenols is 2. The van der Waals surface area contributed by atoms with E-state index >= 15 is 0 Å². The molecule has 8 nitrogen and oxygen atoms in total. The first-order valence-corrected chi connectivity index (χ1v) is 18.7. The summed E-state index contributed by atoms with van der Waals surface area (Å²) in [7, 11) is 0. The number of carbonyl (C=O) groups excluding carboxylic acids is 2. The average Bonchev–Trinajstić information content (AvgIpc) is 2.98. The Balaban J connectivity index is 1.75. The molecule has 8 heteroatoms. The number of rotatable bonds is 15. The number of nitrogens with one attached hydrogen (secondary N) is 2. The van der Waals surface area contributed by atoms with Crippen molar-refractivity contribution in [1.82, 2.24) is 10.6 Å². The Morgan fingerprint density at radius 1 is 0.558 bits per heavy atom. The van der Waals surface area contributed by atoms with Crippen molar-refractivity contribution in [2.75, 3.05) is 26.3 Å². The minimum atomic E-state index is -0.400. The molecule has 0 unspecified atom stereocenters. The van der Waals surface area contributed by atoms with Crippen LogP contribution >= 0.6 is 0 Å². The van der Waals surface area contributed by atoms with Gasteiger partial charge in [-0.3, -0.25) is 0 Å². The summed E-state index contributed by atoms with van der Waals surface area (Å²) < 4.78 is 10.9. The molecule has 0 atom stereocenters. The van der Waals surface area contributed by atoms with Crippen LogP contribution in [0.2, 0.25) is 0 Å². The van der Waals surface area contributed by atoms with Crippen LogP contribution in [0.4, 0.5) is 0 Å². The third-order valence-electron chi connectivity index (χ3n) is 8.88. The molecule has 0 aliphatic heterocycles. The highest BCUT2D eigenvalue weighted by Crippen LogP contribution is 2.41. The molecule has 0 bridgehead atoms. The van der Waals surface area contributed by atoms with Gasteiger partial charge in [0.15, 0.2) is 0 Å². The lowest BCUT2D eigenvalue weighted by Gasteiger charge is -2.28. The summed E-state index contributed by atoms with van der Waals surface area (Å²) in [5, 5.41) is 28.3. The van der Waals surface area contributed by atoms with Gasteiger partial charge in [-0.25, -0.2) is 9.59 Å². The lowest BCUT2D eigenvalue weighted by molar-refractivity contribution is -0.138. The zero-order valence-electron chi connectivity index (χ0n) is 34.6. The van der Waals surface area contributed by atoms with E-state index in [1.807, 2.05) is 13.8 Å². The standard InChI is InChI=1S/C44H68N2O6/c1-29(23-37(47)51-21-15-17-31-25-33(41(3,4)5)39(49)34(26-31)42(6,7)8)45-19-20-46-30(2)24-38(48)52-22-16-18-32-27-35(43(9,10)11)40(50)36(28-32)44(12,13)14/h23-28,45-46,49-50H,15-22H2,1-14H3/b29-23+,30-24+. The van der Waals surface area contributed by atoms with Crippen LogP contribution in [0.3, 0.4) is 0 Å². The minimum absolute atomic E-state index is 0.191. The molecule has 2 aromatic rings. The highest BCUT2D eigenvalue weighted by molar-refractivity contribution is 5.83. The van der Waals surface area contributed by atoms with Gasteiger partial charge in [-0.05, 0) is 94.6 Å². The molecule has 0 saturated heterocycles. The SMILES string of the molecule is C/C(=C\C(=O)OCCCc1cc(C(C)(C)C)c(O)c(C(C)(C)C)c1)NCCN/C(C)=C/C(=O)OCCCc1cc(C(C)(C)C)c(O)c(C(C)(C)C)c1. The fourth-order valence-electron chi connectivity index (χ4n) is 5.92. The van der Waals surface area contributed by atoms with Crippen molar-refractivity contribution in [2.24, 2.45) is 0 Å². The smallest absolute Gasteiger partial charge is 0.332 e. The molecule has 0 aromatic heterocycles. The topological polar surface area (TPSA) is 117 Å². The van der Waals surface area contributed by atoms with Crippen molar-refractivity contribution < 1.29 is 29.3 Å². The summed E-state index contributed by atoms with van der Waals surface area (Å²) in [6.45, 7) is 30.5. The van der Waals surface area contributed by atoms with Crippen LogP contribution in [0.25, 0.3) is 0 Å². The predicted octanol–water partition coefficient (Wildman–Crippen LogP) is 8.93. The maximum Gasteiger partial charge on any atom is 0.332 e. The fraction of sp³-hybridized carbons (Fsp3) is 0.591. The summed E-state index contributed by atoms with van der Waals surface area (Å²) in [6, 6.07) is 8.28. The van der Waals surface area contributed by atoms with Crippen molar-refractivity contribution in [3.63, 3.8) is 0 Å². The Bertz CT molecular complexity index is 1400. The number of aryl methyl sites for hydroxylation is 2. The molecule has 0 heterocycles. The van der Waals surface area contributed by atoms with Gasteiger partial charge >= 0.3 is 11.9 Å². The summed E-state index contributed by atoms with van der Waals surface area (Å²) in [4.78, 5) is 24.8. The van der Waals surface area contributed by atoms with Gasteiger partial charge in [0.1, 0.15) is 11.5 Å². The minimum Gasteiger partial charge on any atom is -0.507 e. The number of phenolic OH excluding ortho intramolecular Hbond substituents is 2. The molecule has 2 aromatic carbocycles. The van der Waals surface area contributed by atoms with Crippen molar-refractivity contribution in [3.05, 3.63) is 81.2 Å². The molecule has 0 aliphatic rings. The van der Waals surface area contributed by atoms with E-state index in [4.69, 9.17) is 9.47 Å². The van der Waals surface area contributed by atoms with Crippen LogP contribution in [0, 0.1) is 0 Å². The Kier molecular flexibility index (Phi) is 15.5. The van der Waals surface area contributed by atoms with Crippen LogP contribution in [-0.4, -0.2) is 48.5 Å². The van der Waals surface area contributed by atoms with Crippen molar-refractivity contribution in [1.29, 1.82) is 0 Å². The quantitative estimate of drug-likeness (QED) is 0.0819. The zero-order chi connectivity index (χ0) is 39.7. The fourth-order valence-corrected chi connectivity index (χ4v) is 5.92. The maximum absolute atomic E-state index is 12.4. The summed E-state index contributed by atoms with van der Waals surface area (Å²) in [5.74, 6) is -0.0668. The van der Waals surface area contributed by atoms with Gasteiger partial charge in [0, 0.05) is 36.6 Å². The van der Waals surface area contributed by atoms with Gasteiger partial charge in [-0.1, -0.05) is 107 Å². The Morgan fingerprint density at radius 3 is 1.08 bits per heavy atom. The molecule has 0 radical (unpaired) electrons. The number of allylic oxidation sites excluding steroid dienone is 2.